The van der Waals surface area contributed by atoms with Crippen molar-refractivity contribution in [3.8, 4) is 11.5 Å². The van der Waals surface area contributed by atoms with E-state index in [9.17, 15) is 9.59 Å². The summed E-state index contributed by atoms with van der Waals surface area (Å²) in [5, 5.41) is 3.12. The number of thiazole rings is 1. The zero-order valence-corrected chi connectivity index (χ0v) is 21.0. The Bertz CT molecular complexity index is 1460. The van der Waals surface area contributed by atoms with Gasteiger partial charge in [0.05, 0.1) is 48.0 Å². The third-order valence-electron chi connectivity index (χ3n) is 6.17. The van der Waals surface area contributed by atoms with E-state index in [4.69, 9.17) is 14.2 Å². The Hall–Kier alpha value is -3.54. The number of benzene rings is 2. The summed E-state index contributed by atoms with van der Waals surface area (Å²) in [5.74, 6) is 0.579. The van der Waals surface area contributed by atoms with Gasteiger partial charge in [0.25, 0.3) is 11.5 Å². The number of morpholine rings is 1. The first-order valence-electron chi connectivity index (χ1n) is 11.7. The first kappa shape index (κ1) is 24.2. The van der Waals surface area contributed by atoms with Crippen molar-refractivity contribution >= 4 is 44.3 Å². The lowest BCUT2D eigenvalue weighted by Gasteiger charge is -2.26. The molecule has 11 heteroatoms. The fourth-order valence-electron chi connectivity index (χ4n) is 4.18. The largest absolute Gasteiger partial charge is 0.491 e. The first-order chi connectivity index (χ1) is 17.5. The number of methoxy groups -OCH3 is 1. The fraction of sp³-hybridized carbons (Fsp3) is 0.360. The van der Waals surface area contributed by atoms with Crippen molar-refractivity contribution in [3.63, 3.8) is 0 Å². The van der Waals surface area contributed by atoms with Gasteiger partial charge in [-0.1, -0.05) is 0 Å². The molecule has 1 N–H and O–H groups in total. The number of ether oxygens (including phenoxy) is 3. The summed E-state index contributed by atoms with van der Waals surface area (Å²) < 4.78 is 19.3. The van der Waals surface area contributed by atoms with Gasteiger partial charge in [-0.15, -0.1) is 11.3 Å². The van der Waals surface area contributed by atoms with Crippen LogP contribution in [0.5, 0.6) is 11.5 Å². The molecule has 1 fully saturated rings. The van der Waals surface area contributed by atoms with Crippen LogP contribution in [0.25, 0.3) is 21.1 Å². The van der Waals surface area contributed by atoms with Gasteiger partial charge in [-0.05, 0) is 36.8 Å². The number of nitrogens with zero attached hydrogens (tertiary/aromatic N) is 4. The molecule has 0 saturated carbocycles. The summed E-state index contributed by atoms with van der Waals surface area (Å²) in [5.41, 5.74) is 2.92. The number of fused-ring (bicyclic) bond motifs is 2. The quantitative estimate of drug-likeness (QED) is 0.361. The Morgan fingerprint density at radius 1 is 1.22 bits per heavy atom. The molecule has 188 valence electrons. The summed E-state index contributed by atoms with van der Waals surface area (Å²) in [6.07, 6.45) is 0.843. The van der Waals surface area contributed by atoms with Gasteiger partial charge < -0.3 is 14.2 Å². The maximum Gasteiger partial charge on any atom is 0.262 e. The van der Waals surface area contributed by atoms with E-state index in [-0.39, 0.29) is 17.4 Å². The van der Waals surface area contributed by atoms with Gasteiger partial charge in [0.1, 0.15) is 5.52 Å². The second-order valence-electron chi connectivity index (χ2n) is 8.44. The van der Waals surface area contributed by atoms with Crippen LogP contribution in [-0.4, -0.2) is 71.9 Å². The minimum Gasteiger partial charge on any atom is -0.491 e. The standard InChI is InChI=1S/C25H27N5O5S/c1-29-24(32)17-5-6-19(35-11-3-8-30-9-12-34-13-10-30)22(33-2)21(17)27-25(29)28-23(31)16-4-7-20-18(14-16)26-15-36-20/h4-7,14-15H,3,8-13H2,1-2H3,(H,27,28,31). The Balaban J connectivity index is 1.37. The Kier molecular flexibility index (Phi) is 7.12. The number of carbonyl (C=O) groups excluding carboxylic acids is 1. The minimum atomic E-state index is -0.388. The van der Waals surface area contributed by atoms with Crippen LogP contribution in [0.15, 0.2) is 40.6 Å². The summed E-state index contributed by atoms with van der Waals surface area (Å²) in [4.78, 5) is 37.2. The monoisotopic (exact) mass is 509 g/mol. The molecule has 3 heterocycles. The molecule has 1 amide bonds. The molecule has 2 aromatic carbocycles. The van der Waals surface area contributed by atoms with Crippen molar-refractivity contribution in [3.05, 3.63) is 51.8 Å². The van der Waals surface area contributed by atoms with E-state index in [1.807, 2.05) is 6.07 Å². The van der Waals surface area contributed by atoms with Gasteiger partial charge in [0, 0.05) is 32.2 Å². The van der Waals surface area contributed by atoms with E-state index in [1.165, 1.54) is 23.0 Å². The molecule has 1 aliphatic heterocycles. The summed E-state index contributed by atoms with van der Waals surface area (Å²) in [6.45, 7) is 4.79. The smallest absolute Gasteiger partial charge is 0.262 e. The van der Waals surface area contributed by atoms with E-state index < -0.39 is 0 Å². The highest BCUT2D eigenvalue weighted by atomic mass is 32.1. The second kappa shape index (κ2) is 10.6. The average Bonchev–Trinajstić information content (AvgIpc) is 3.38. The van der Waals surface area contributed by atoms with E-state index in [1.54, 1.807) is 36.8 Å². The van der Waals surface area contributed by atoms with Gasteiger partial charge in [0.15, 0.2) is 11.5 Å². The number of carbonyl (C=O) groups is 1. The Labute approximate surface area is 211 Å². The Morgan fingerprint density at radius 2 is 2.06 bits per heavy atom. The number of anilines is 1. The summed E-state index contributed by atoms with van der Waals surface area (Å²) >= 11 is 1.50. The van der Waals surface area contributed by atoms with Crippen molar-refractivity contribution in [2.24, 2.45) is 7.05 Å². The van der Waals surface area contributed by atoms with E-state index in [0.717, 1.165) is 49.5 Å². The van der Waals surface area contributed by atoms with Crippen molar-refractivity contribution in [2.75, 3.05) is 51.9 Å². The third kappa shape index (κ3) is 4.90. The fourth-order valence-corrected chi connectivity index (χ4v) is 4.84. The molecular formula is C25H27N5O5S. The molecule has 1 saturated heterocycles. The molecule has 5 rings (SSSR count). The molecule has 0 radical (unpaired) electrons. The molecule has 0 bridgehead atoms. The molecule has 10 nitrogen and oxygen atoms in total. The van der Waals surface area contributed by atoms with Crippen LogP contribution in [-0.2, 0) is 11.8 Å². The molecule has 1 aliphatic rings. The van der Waals surface area contributed by atoms with Crippen LogP contribution >= 0.6 is 11.3 Å². The number of amides is 1. The Morgan fingerprint density at radius 3 is 2.86 bits per heavy atom. The van der Waals surface area contributed by atoms with Gasteiger partial charge in [-0.2, -0.15) is 0 Å². The summed E-state index contributed by atoms with van der Waals surface area (Å²) in [7, 11) is 3.08. The highest BCUT2D eigenvalue weighted by Crippen LogP contribution is 2.34. The van der Waals surface area contributed by atoms with Crippen molar-refractivity contribution < 1.29 is 19.0 Å². The zero-order valence-electron chi connectivity index (χ0n) is 20.2. The number of aromatic nitrogens is 3. The predicted molar refractivity (Wildman–Crippen MR) is 138 cm³/mol. The van der Waals surface area contributed by atoms with Gasteiger partial charge in [-0.3, -0.25) is 24.4 Å². The van der Waals surface area contributed by atoms with Crippen LogP contribution < -0.4 is 20.3 Å². The van der Waals surface area contributed by atoms with Crippen molar-refractivity contribution in [1.29, 1.82) is 0 Å². The predicted octanol–water partition coefficient (Wildman–Crippen LogP) is 2.91. The SMILES string of the molecule is COc1c(OCCCN2CCOCC2)ccc2c(=O)n(C)c(NC(=O)c3ccc4scnc4c3)nc12. The first-order valence-corrected chi connectivity index (χ1v) is 12.6. The molecule has 0 unspecified atom stereocenters. The van der Waals surface area contributed by atoms with Crippen molar-refractivity contribution in [1.82, 2.24) is 19.4 Å². The van der Waals surface area contributed by atoms with Gasteiger partial charge >= 0.3 is 0 Å². The highest BCUT2D eigenvalue weighted by Gasteiger charge is 2.19. The maximum atomic E-state index is 13.1. The topological polar surface area (TPSA) is 108 Å². The number of hydrogen-bond donors (Lipinski definition) is 1. The number of nitrogens with one attached hydrogen (secondary N) is 1. The molecule has 2 aromatic heterocycles. The zero-order chi connectivity index (χ0) is 25.1. The molecule has 0 atom stereocenters. The van der Waals surface area contributed by atoms with Crippen LogP contribution in [0.4, 0.5) is 5.95 Å². The molecule has 0 aliphatic carbocycles. The van der Waals surface area contributed by atoms with Gasteiger partial charge in [0.2, 0.25) is 5.95 Å². The molecule has 4 aromatic rings. The molecular weight excluding hydrogens is 482 g/mol. The molecule has 0 spiro atoms. The number of rotatable bonds is 8. The highest BCUT2D eigenvalue weighted by molar-refractivity contribution is 7.16. The molecule has 36 heavy (non-hydrogen) atoms. The normalized spacial score (nSPS) is 14.3. The lowest BCUT2D eigenvalue weighted by atomic mass is 10.2. The van der Waals surface area contributed by atoms with Crippen molar-refractivity contribution in [2.45, 2.75) is 6.42 Å². The van der Waals surface area contributed by atoms with Gasteiger partial charge in [-0.25, -0.2) is 9.97 Å². The number of hydrogen-bond acceptors (Lipinski definition) is 9. The minimum absolute atomic E-state index is 0.110. The average molecular weight is 510 g/mol. The summed E-state index contributed by atoms with van der Waals surface area (Å²) in [6, 6.07) is 8.68. The van der Waals surface area contributed by atoms with Crippen LogP contribution in [0.1, 0.15) is 16.8 Å². The van der Waals surface area contributed by atoms with Crippen LogP contribution in [0.3, 0.4) is 0 Å². The lowest BCUT2D eigenvalue weighted by molar-refractivity contribution is 0.0357. The van der Waals surface area contributed by atoms with Crippen LogP contribution in [0.2, 0.25) is 0 Å². The van der Waals surface area contributed by atoms with Crippen LogP contribution in [0, 0.1) is 0 Å². The van der Waals surface area contributed by atoms with E-state index in [2.05, 4.69) is 20.2 Å². The maximum absolute atomic E-state index is 13.1. The van der Waals surface area contributed by atoms with E-state index in [0.29, 0.717) is 34.6 Å². The lowest BCUT2D eigenvalue weighted by Crippen LogP contribution is -2.37. The third-order valence-corrected chi connectivity index (χ3v) is 6.98. The second-order valence-corrected chi connectivity index (χ2v) is 9.32. The van der Waals surface area contributed by atoms with E-state index >= 15 is 0 Å².